The SMILES string of the molecule is Cc1nnc2n1CC(C(=O)O)N(Cc1nc3cc(Cl)ccc3n1C)C2. The number of carboxylic acid groups (broad SMARTS) is 1. The van der Waals surface area contributed by atoms with E-state index in [4.69, 9.17) is 11.6 Å². The Morgan fingerprint density at radius 1 is 1.40 bits per heavy atom. The van der Waals surface area contributed by atoms with E-state index in [0.717, 1.165) is 28.5 Å². The molecule has 0 saturated carbocycles. The summed E-state index contributed by atoms with van der Waals surface area (Å²) in [5.74, 6) is 1.43. The molecule has 0 aliphatic carbocycles. The number of aromatic nitrogens is 5. The van der Waals surface area contributed by atoms with Crippen molar-refractivity contribution in [3.8, 4) is 0 Å². The molecule has 0 spiro atoms. The van der Waals surface area contributed by atoms with Crippen LogP contribution >= 0.6 is 11.6 Å². The maximum absolute atomic E-state index is 11.8. The van der Waals surface area contributed by atoms with Gasteiger partial charge in [0.05, 0.1) is 30.7 Å². The number of aliphatic carboxylic acids is 1. The largest absolute Gasteiger partial charge is 0.480 e. The van der Waals surface area contributed by atoms with Gasteiger partial charge in [-0.3, -0.25) is 9.69 Å². The van der Waals surface area contributed by atoms with E-state index in [0.29, 0.717) is 24.7 Å². The summed E-state index contributed by atoms with van der Waals surface area (Å²) >= 11 is 6.04. The van der Waals surface area contributed by atoms with Gasteiger partial charge in [-0.1, -0.05) is 11.6 Å². The minimum absolute atomic E-state index is 0.333. The second-order valence-corrected chi connectivity index (χ2v) is 6.69. The number of fused-ring (bicyclic) bond motifs is 2. The summed E-state index contributed by atoms with van der Waals surface area (Å²) in [5.41, 5.74) is 1.76. The van der Waals surface area contributed by atoms with Gasteiger partial charge in [0.2, 0.25) is 0 Å². The van der Waals surface area contributed by atoms with Gasteiger partial charge >= 0.3 is 5.97 Å². The smallest absolute Gasteiger partial charge is 0.322 e. The molecule has 9 heteroatoms. The fraction of sp³-hybridized carbons (Fsp3) is 0.375. The Balaban J connectivity index is 1.69. The molecule has 1 unspecified atom stereocenters. The van der Waals surface area contributed by atoms with E-state index in [1.165, 1.54) is 0 Å². The van der Waals surface area contributed by atoms with Crippen LogP contribution in [0.4, 0.5) is 0 Å². The van der Waals surface area contributed by atoms with Gasteiger partial charge in [-0.25, -0.2) is 4.98 Å². The highest BCUT2D eigenvalue weighted by molar-refractivity contribution is 6.31. The minimum atomic E-state index is -0.861. The third-order valence-corrected chi connectivity index (χ3v) is 4.95. The quantitative estimate of drug-likeness (QED) is 0.763. The maximum Gasteiger partial charge on any atom is 0.322 e. The van der Waals surface area contributed by atoms with Gasteiger partial charge in [-0.2, -0.15) is 0 Å². The molecule has 3 aromatic rings. The van der Waals surface area contributed by atoms with E-state index in [1.807, 2.05) is 46.2 Å². The fourth-order valence-corrected chi connectivity index (χ4v) is 3.47. The van der Waals surface area contributed by atoms with Crippen molar-refractivity contribution in [2.45, 2.75) is 32.6 Å². The third-order valence-electron chi connectivity index (χ3n) is 4.72. The molecule has 8 nitrogen and oxygen atoms in total. The van der Waals surface area contributed by atoms with Crippen LogP contribution in [0.15, 0.2) is 18.2 Å². The number of imidazole rings is 1. The van der Waals surface area contributed by atoms with Crippen LogP contribution in [0.2, 0.25) is 5.02 Å². The van der Waals surface area contributed by atoms with Crippen molar-refractivity contribution in [1.82, 2.24) is 29.2 Å². The highest BCUT2D eigenvalue weighted by atomic mass is 35.5. The predicted molar refractivity (Wildman–Crippen MR) is 91.2 cm³/mol. The number of carbonyl (C=O) groups is 1. The summed E-state index contributed by atoms with van der Waals surface area (Å²) in [6.45, 7) is 2.99. The van der Waals surface area contributed by atoms with E-state index in [1.54, 1.807) is 0 Å². The van der Waals surface area contributed by atoms with Crippen LogP contribution in [-0.2, 0) is 31.5 Å². The number of benzene rings is 1. The van der Waals surface area contributed by atoms with Crippen molar-refractivity contribution in [2.75, 3.05) is 0 Å². The molecule has 1 aromatic carbocycles. The summed E-state index contributed by atoms with van der Waals surface area (Å²) in [6, 6.07) is 4.90. The van der Waals surface area contributed by atoms with E-state index in [-0.39, 0.29) is 0 Å². The molecule has 1 atom stereocenters. The lowest BCUT2D eigenvalue weighted by Gasteiger charge is -2.33. The molecular weight excluding hydrogens is 344 g/mol. The molecular formula is C16H17ClN6O2. The lowest BCUT2D eigenvalue weighted by atomic mass is 10.2. The predicted octanol–water partition coefficient (Wildman–Crippen LogP) is 1.60. The van der Waals surface area contributed by atoms with Gasteiger partial charge in [-0.15, -0.1) is 10.2 Å². The molecule has 0 saturated heterocycles. The van der Waals surface area contributed by atoms with Crippen molar-refractivity contribution in [3.63, 3.8) is 0 Å². The Morgan fingerprint density at radius 2 is 2.20 bits per heavy atom. The molecule has 130 valence electrons. The molecule has 4 rings (SSSR count). The average molecular weight is 361 g/mol. The summed E-state index contributed by atoms with van der Waals surface area (Å²) in [4.78, 5) is 18.3. The minimum Gasteiger partial charge on any atom is -0.480 e. The van der Waals surface area contributed by atoms with Crippen molar-refractivity contribution in [1.29, 1.82) is 0 Å². The molecule has 1 N–H and O–H groups in total. The van der Waals surface area contributed by atoms with Gasteiger partial charge < -0.3 is 14.2 Å². The lowest BCUT2D eigenvalue weighted by molar-refractivity contribution is -0.145. The number of aryl methyl sites for hydroxylation is 2. The monoisotopic (exact) mass is 360 g/mol. The van der Waals surface area contributed by atoms with Crippen LogP contribution in [0.3, 0.4) is 0 Å². The molecule has 2 aromatic heterocycles. The van der Waals surface area contributed by atoms with Crippen LogP contribution in [0.25, 0.3) is 11.0 Å². The van der Waals surface area contributed by atoms with E-state index in [2.05, 4.69) is 15.2 Å². The Kier molecular flexibility index (Phi) is 3.73. The first kappa shape index (κ1) is 16.0. The second-order valence-electron chi connectivity index (χ2n) is 6.25. The zero-order valence-electron chi connectivity index (χ0n) is 13.8. The molecule has 25 heavy (non-hydrogen) atoms. The summed E-state index contributed by atoms with van der Waals surface area (Å²) in [5, 5.41) is 18.5. The Labute approximate surface area is 148 Å². The first-order chi connectivity index (χ1) is 11.9. The van der Waals surface area contributed by atoms with Crippen LogP contribution in [-0.4, -0.2) is 46.3 Å². The summed E-state index contributed by atoms with van der Waals surface area (Å²) < 4.78 is 3.83. The van der Waals surface area contributed by atoms with Crippen LogP contribution in [0.1, 0.15) is 17.5 Å². The van der Waals surface area contributed by atoms with Crippen molar-refractivity contribution in [3.05, 3.63) is 40.7 Å². The Hall–Kier alpha value is -2.45. The Morgan fingerprint density at radius 3 is 2.96 bits per heavy atom. The molecule has 1 aliphatic heterocycles. The van der Waals surface area contributed by atoms with Crippen LogP contribution in [0.5, 0.6) is 0 Å². The van der Waals surface area contributed by atoms with E-state index >= 15 is 0 Å². The standard InChI is InChI=1S/C16H17ClN6O2/c1-9-19-20-15-8-22(13(16(24)25)6-23(9)15)7-14-18-11-5-10(17)3-4-12(11)21(14)2/h3-5,13H,6-8H2,1-2H3,(H,24,25). The highest BCUT2D eigenvalue weighted by Gasteiger charge is 2.34. The maximum atomic E-state index is 11.8. The van der Waals surface area contributed by atoms with Crippen molar-refractivity contribution >= 4 is 28.6 Å². The number of carboxylic acids is 1. The first-order valence-electron chi connectivity index (χ1n) is 7.90. The van der Waals surface area contributed by atoms with Crippen LogP contribution < -0.4 is 0 Å². The topological polar surface area (TPSA) is 89.1 Å². The molecule has 1 aliphatic rings. The highest BCUT2D eigenvalue weighted by Crippen LogP contribution is 2.23. The normalized spacial score (nSPS) is 17.8. The number of nitrogens with zero attached hydrogens (tertiary/aromatic N) is 6. The summed E-state index contributed by atoms with van der Waals surface area (Å²) in [6.07, 6.45) is 0. The molecule has 0 amide bonds. The lowest BCUT2D eigenvalue weighted by Crippen LogP contribution is -2.47. The molecule has 0 bridgehead atoms. The van der Waals surface area contributed by atoms with Gasteiger partial charge in [0, 0.05) is 12.1 Å². The summed E-state index contributed by atoms with van der Waals surface area (Å²) in [7, 11) is 1.92. The van der Waals surface area contributed by atoms with Gasteiger partial charge in [-0.05, 0) is 25.1 Å². The number of hydrogen-bond acceptors (Lipinski definition) is 5. The van der Waals surface area contributed by atoms with Crippen molar-refractivity contribution < 1.29 is 9.90 Å². The fourth-order valence-electron chi connectivity index (χ4n) is 3.31. The van der Waals surface area contributed by atoms with E-state index < -0.39 is 12.0 Å². The van der Waals surface area contributed by atoms with E-state index in [9.17, 15) is 9.90 Å². The van der Waals surface area contributed by atoms with Gasteiger partial charge in [0.1, 0.15) is 23.5 Å². The zero-order chi connectivity index (χ0) is 17.7. The van der Waals surface area contributed by atoms with Crippen molar-refractivity contribution in [2.24, 2.45) is 7.05 Å². The number of halogens is 1. The van der Waals surface area contributed by atoms with Gasteiger partial charge in [0.15, 0.2) is 0 Å². The third kappa shape index (κ3) is 2.67. The van der Waals surface area contributed by atoms with Gasteiger partial charge in [0.25, 0.3) is 0 Å². The molecule has 3 heterocycles. The average Bonchev–Trinajstić information content (AvgIpc) is 3.07. The Bertz CT molecular complexity index is 979. The second kappa shape index (κ2) is 5.82. The zero-order valence-corrected chi connectivity index (χ0v) is 14.6. The molecule has 0 radical (unpaired) electrons. The van der Waals surface area contributed by atoms with Crippen LogP contribution in [0, 0.1) is 6.92 Å². The first-order valence-corrected chi connectivity index (χ1v) is 8.28. The number of hydrogen-bond donors (Lipinski definition) is 1. The molecule has 0 fully saturated rings. The number of rotatable bonds is 3.